The number of ether oxygens (including phenoxy) is 1. The Hall–Kier alpha value is -2.16. The summed E-state index contributed by atoms with van der Waals surface area (Å²) < 4.78 is 32.9. The van der Waals surface area contributed by atoms with Gasteiger partial charge in [0.2, 0.25) is 5.88 Å². The van der Waals surface area contributed by atoms with Crippen LogP contribution in [0.25, 0.3) is 11.3 Å². The van der Waals surface area contributed by atoms with E-state index in [2.05, 4.69) is 14.9 Å². The van der Waals surface area contributed by atoms with E-state index in [4.69, 9.17) is 16.3 Å². The molecule has 2 heterocycles. The Bertz CT molecular complexity index is 955. The molecule has 3 aromatic rings. The van der Waals surface area contributed by atoms with Crippen molar-refractivity contribution in [1.29, 1.82) is 0 Å². The van der Waals surface area contributed by atoms with E-state index in [0.29, 0.717) is 28.2 Å². The van der Waals surface area contributed by atoms with Gasteiger partial charge < -0.3 is 4.74 Å². The summed E-state index contributed by atoms with van der Waals surface area (Å²) >= 11 is 6.80. The highest BCUT2D eigenvalue weighted by atomic mass is 35.5. The van der Waals surface area contributed by atoms with Crippen LogP contribution < -0.4 is 9.46 Å². The second-order valence-electron chi connectivity index (χ2n) is 4.93. The van der Waals surface area contributed by atoms with Crippen LogP contribution >= 0.6 is 22.9 Å². The lowest BCUT2D eigenvalue weighted by molar-refractivity contribution is 0.323. The van der Waals surface area contributed by atoms with Gasteiger partial charge in [-0.2, -0.15) is 0 Å². The van der Waals surface area contributed by atoms with Crippen LogP contribution in [0.4, 0.5) is 5.69 Å². The zero-order valence-corrected chi connectivity index (χ0v) is 15.5. The maximum absolute atomic E-state index is 12.3. The van der Waals surface area contributed by atoms with Crippen LogP contribution in [-0.2, 0) is 10.0 Å². The summed E-state index contributed by atoms with van der Waals surface area (Å²) in [5.74, 6) is 0.463. The maximum Gasteiger partial charge on any atom is 0.271 e. The monoisotopic (exact) mass is 395 g/mol. The average Bonchev–Trinajstić information content (AvgIpc) is 3.04. The van der Waals surface area contributed by atoms with Gasteiger partial charge in [0.15, 0.2) is 0 Å². The van der Waals surface area contributed by atoms with E-state index in [9.17, 15) is 8.42 Å². The number of sulfonamides is 1. The highest BCUT2D eigenvalue weighted by Gasteiger charge is 2.16. The first kappa shape index (κ1) is 17.7. The van der Waals surface area contributed by atoms with Crippen molar-refractivity contribution in [3.63, 3.8) is 0 Å². The number of halogens is 1. The lowest BCUT2D eigenvalue weighted by atomic mass is 10.1. The Labute approximate surface area is 154 Å². The van der Waals surface area contributed by atoms with Crippen LogP contribution in [-0.4, -0.2) is 25.2 Å². The van der Waals surface area contributed by atoms with Crippen molar-refractivity contribution in [2.24, 2.45) is 0 Å². The van der Waals surface area contributed by atoms with Crippen molar-refractivity contribution < 1.29 is 13.2 Å². The van der Waals surface area contributed by atoms with E-state index < -0.39 is 10.0 Å². The van der Waals surface area contributed by atoms with Gasteiger partial charge in [-0.15, -0.1) is 21.5 Å². The molecule has 1 N–H and O–H groups in total. The largest absolute Gasteiger partial charge is 0.477 e. The molecule has 0 spiro atoms. The van der Waals surface area contributed by atoms with Gasteiger partial charge in [-0.3, -0.25) is 4.72 Å². The molecule has 0 radical (unpaired) electrons. The molecular weight excluding hydrogens is 382 g/mol. The van der Waals surface area contributed by atoms with Gasteiger partial charge in [-0.1, -0.05) is 23.7 Å². The van der Waals surface area contributed by atoms with Crippen LogP contribution in [0.3, 0.4) is 0 Å². The number of benzene rings is 1. The van der Waals surface area contributed by atoms with E-state index in [1.54, 1.807) is 42.5 Å². The topological polar surface area (TPSA) is 81.2 Å². The Morgan fingerprint density at radius 2 is 1.84 bits per heavy atom. The molecule has 25 heavy (non-hydrogen) atoms. The second kappa shape index (κ2) is 7.38. The number of anilines is 1. The summed E-state index contributed by atoms with van der Waals surface area (Å²) in [6.45, 7) is 2.40. The van der Waals surface area contributed by atoms with E-state index >= 15 is 0 Å². The van der Waals surface area contributed by atoms with Crippen LogP contribution in [0.15, 0.2) is 52.7 Å². The van der Waals surface area contributed by atoms with Gasteiger partial charge in [-0.05, 0) is 37.3 Å². The molecule has 3 rings (SSSR count). The average molecular weight is 396 g/mol. The molecule has 0 aliphatic carbocycles. The van der Waals surface area contributed by atoms with E-state index in [0.717, 1.165) is 16.9 Å². The number of hydrogen-bond donors (Lipinski definition) is 1. The normalized spacial score (nSPS) is 11.3. The fraction of sp³-hybridized carbons (Fsp3) is 0.125. The highest BCUT2D eigenvalue weighted by molar-refractivity contribution is 7.94. The molecule has 2 aromatic heterocycles. The Morgan fingerprint density at radius 1 is 1.08 bits per heavy atom. The molecule has 0 fully saturated rings. The Morgan fingerprint density at radius 3 is 2.40 bits per heavy atom. The first-order chi connectivity index (χ1) is 12.0. The van der Waals surface area contributed by atoms with Crippen LogP contribution in [0.2, 0.25) is 4.34 Å². The Balaban J connectivity index is 1.76. The van der Waals surface area contributed by atoms with Crippen molar-refractivity contribution in [3.8, 4) is 17.1 Å². The van der Waals surface area contributed by atoms with Crippen molar-refractivity contribution >= 4 is 38.6 Å². The number of nitrogens with one attached hydrogen (secondary N) is 1. The second-order valence-corrected chi connectivity index (χ2v) is 8.56. The van der Waals surface area contributed by atoms with E-state index in [1.165, 1.54) is 6.07 Å². The number of rotatable bonds is 6. The SMILES string of the molecule is CCOc1ccc(-c2ccc(NS(=O)(=O)c3ccc(Cl)s3)cc2)nn1. The predicted molar refractivity (Wildman–Crippen MR) is 98.8 cm³/mol. The van der Waals surface area contributed by atoms with Crippen LogP contribution in [0.5, 0.6) is 5.88 Å². The zero-order valence-electron chi connectivity index (χ0n) is 13.1. The zero-order chi connectivity index (χ0) is 17.9. The molecule has 1 aromatic carbocycles. The molecule has 0 aliphatic heterocycles. The summed E-state index contributed by atoms with van der Waals surface area (Å²) in [4.78, 5) is 0. The summed E-state index contributed by atoms with van der Waals surface area (Å²) in [6.07, 6.45) is 0. The molecule has 0 atom stereocenters. The fourth-order valence-electron chi connectivity index (χ4n) is 2.06. The maximum atomic E-state index is 12.3. The number of aromatic nitrogens is 2. The van der Waals surface area contributed by atoms with Crippen molar-refractivity contribution in [2.45, 2.75) is 11.1 Å². The lowest BCUT2D eigenvalue weighted by Gasteiger charge is -2.07. The molecule has 0 bridgehead atoms. The van der Waals surface area contributed by atoms with Gasteiger partial charge in [0, 0.05) is 17.3 Å². The minimum absolute atomic E-state index is 0.166. The molecule has 130 valence electrons. The Kier molecular flexibility index (Phi) is 5.22. The summed E-state index contributed by atoms with van der Waals surface area (Å²) in [5, 5.41) is 8.07. The summed E-state index contributed by atoms with van der Waals surface area (Å²) in [6, 6.07) is 13.4. The van der Waals surface area contributed by atoms with Gasteiger partial charge in [-0.25, -0.2) is 8.42 Å². The molecule has 6 nitrogen and oxygen atoms in total. The summed E-state index contributed by atoms with van der Waals surface area (Å²) in [5.41, 5.74) is 1.94. The minimum Gasteiger partial charge on any atom is -0.477 e. The standard InChI is InChI=1S/C16H14ClN3O3S2/c1-2-23-15-9-7-13(18-19-15)11-3-5-12(6-4-11)20-25(21,22)16-10-8-14(17)24-16/h3-10,20H,2H2,1H3. The van der Waals surface area contributed by atoms with Crippen LogP contribution in [0, 0.1) is 0 Å². The molecule has 0 saturated heterocycles. The minimum atomic E-state index is -3.64. The van der Waals surface area contributed by atoms with Gasteiger partial charge in [0.25, 0.3) is 10.0 Å². The third-order valence-electron chi connectivity index (χ3n) is 3.18. The third-order valence-corrected chi connectivity index (χ3v) is 6.28. The van der Waals surface area contributed by atoms with E-state index in [-0.39, 0.29) is 4.21 Å². The number of hydrogen-bond acceptors (Lipinski definition) is 6. The highest BCUT2D eigenvalue weighted by Crippen LogP contribution is 2.28. The fourth-order valence-corrected chi connectivity index (χ4v) is 4.60. The van der Waals surface area contributed by atoms with Crippen LogP contribution in [0.1, 0.15) is 6.92 Å². The van der Waals surface area contributed by atoms with Gasteiger partial charge in [0.05, 0.1) is 16.6 Å². The predicted octanol–water partition coefficient (Wildman–Crippen LogP) is 4.06. The first-order valence-corrected chi connectivity index (χ1v) is 10.0. The van der Waals surface area contributed by atoms with Crippen molar-refractivity contribution in [2.75, 3.05) is 11.3 Å². The molecule has 0 amide bonds. The number of thiophene rings is 1. The molecule has 0 unspecified atom stereocenters. The number of nitrogens with zero attached hydrogens (tertiary/aromatic N) is 2. The molecular formula is C16H14ClN3O3S2. The lowest BCUT2D eigenvalue weighted by Crippen LogP contribution is -2.11. The summed E-state index contributed by atoms with van der Waals surface area (Å²) in [7, 11) is -3.64. The van der Waals surface area contributed by atoms with E-state index in [1.807, 2.05) is 6.92 Å². The quantitative estimate of drug-likeness (QED) is 0.680. The van der Waals surface area contributed by atoms with Gasteiger partial charge >= 0.3 is 0 Å². The molecule has 0 aliphatic rings. The van der Waals surface area contributed by atoms with Crippen molar-refractivity contribution in [3.05, 3.63) is 52.9 Å². The molecule has 9 heteroatoms. The smallest absolute Gasteiger partial charge is 0.271 e. The molecule has 0 saturated carbocycles. The van der Waals surface area contributed by atoms with Crippen molar-refractivity contribution in [1.82, 2.24) is 10.2 Å². The van der Waals surface area contributed by atoms with Gasteiger partial charge in [0.1, 0.15) is 4.21 Å². The first-order valence-electron chi connectivity index (χ1n) is 7.33. The third kappa shape index (κ3) is 4.28.